The van der Waals surface area contributed by atoms with Crippen LogP contribution < -0.4 is 11.1 Å². The Kier molecular flexibility index (Phi) is 7.51. The number of nitrogens with one attached hydrogen (secondary N) is 1. The maximum Gasteiger partial charge on any atom is 0.284 e. The maximum absolute atomic E-state index is 12.6. The summed E-state index contributed by atoms with van der Waals surface area (Å²) in [6, 6.07) is 3.30. The number of carbonyl (C=O) groups excluding carboxylic acids is 2. The fourth-order valence-corrected chi connectivity index (χ4v) is 3.83. The first kappa shape index (κ1) is 21.2. The number of likely N-dealkylation sites (tertiary alicyclic amines) is 1. The van der Waals surface area contributed by atoms with Crippen LogP contribution in [0.15, 0.2) is 21.5 Å². The van der Waals surface area contributed by atoms with Gasteiger partial charge in [-0.15, -0.1) is 0 Å². The van der Waals surface area contributed by atoms with Crippen LogP contribution in [0.1, 0.15) is 42.0 Å². The van der Waals surface area contributed by atoms with Gasteiger partial charge in [-0.3, -0.25) is 19.5 Å². The molecule has 29 heavy (non-hydrogen) atoms. The summed E-state index contributed by atoms with van der Waals surface area (Å²) in [5, 5.41) is 3.26. The van der Waals surface area contributed by atoms with E-state index in [1.54, 1.807) is 19.2 Å². The molecule has 9 nitrogen and oxygen atoms in total. The van der Waals surface area contributed by atoms with Crippen molar-refractivity contribution in [3.05, 3.63) is 23.7 Å². The van der Waals surface area contributed by atoms with Gasteiger partial charge < -0.3 is 25.3 Å². The van der Waals surface area contributed by atoms with Crippen LogP contribution in [0.4, 0.5) is 0 Å². The Morgan fingerprint density at radius 1 is 1.03 bits per heavy atom. The average Bonchev–Trinajstić information content (AvgIpc) is 3.03. The molecule has 2 aliphatic heterocycles. The van der Waals surface area contributed by atoms with Gasteiger partial charge in [-0.1, -0.05) is 12.8 Å². The van der Waals surface area contributed by atoms with E-state index >= 15 is 0 Å². The lowest BCUT2D eigenvalue weighted by Gasteiger charge is -2.36. The van der Waals surface area contributed by atoms with Crippen molar-refractivity contribution in [1.29, 1.82) is 0 Å². The normalized spacial score (nSPS) is 19.1. The molecule has 2 amide bonds. The Hall–Kier alpha value is -2.55. The topological polar surface area (TPSA) is 107 Å². The van der Waals surface area contributed by atoms with Gasteiger partial charge in [0.15, 0.2) is 11.7 Å². The Morgan fingerprint density at radius 2 is 1.72 bits per heavy atom. The summed E-state index contributed by atoms with van der Waals surface area (Å²) >= 11 is 0. The van der Waals surface area contributed by atoms with E-state index in [9.17, 15) is 9.59 Å². The molecule has 0 unspecified atom stereocenters. The lowest BCUT2D eigenvalue weighted by atomic mass is 10.2. The van der Waals surface area contributed by atoms with Crippen molar-refractivity contribution in [2.75, 3.05) is 52.9 Å². The van der Waals surface area contributed by atoms with E-state index in [4.69, 9.17) is 10.2 Å². The highest BCUT2D eigenvalue weighted by Crippen LogP contribution is 2.11. The van der Waals surface area contributed by atoms with Crippen LogP contribution >= 0.6 is 0 Å². The second kappa shape index (κ2) is 10.3. The predicted octanol–water partition coefficient (Wildman–Crippen LogP) is 0.474. The summed E-state index contributed by atoms with van der Waals surface area (Å²) in [6.07, 6.45) is 4.71. The summed E-state index contributed by atoms with van der Waals surface area (Å²) in [5.74, 6) is 1.24. The van der Waals surface area contributed by atoms with E-state index in [1.165, 1.54) is 12.8 Å². The molecule has 3 rings (SSSR count). The fourth-order valence-electron chi connectivity index (χ4n) is 3.83. The average molecular weight is 405 g/mol. The van der Waals surface area contributed by atoms with Crippen molar-refractivity contribution >= 4 is 17.8 Å². The fraction of sp³-hybridized carbons (Fsp3) is 0.650. The maximum atomic E-state index is 12.6. The van der Waals surface area contributed by atoms with Crippen LogP contribution in [0.2, 0.25) is 0 Å². The number of furan rings is 1. The first-order valence-corrected chi connectivity index (χ1v) is 10.4. The molecular formula is C20H32N6O3. The van der Waals surface area contributed by atoms with E-state index in [0.29, 0.717) is 18.8 Å². The van der Waals surface area contributed by atoms with Crippen molar-refractivity contribution in [3.63, 3.8) is 0 Å². The number of nitrogens with two attached hydrogens (primary N) is 1. The standard InChI is InChI=1S/C20H32N6O3/c1-22-20(23-14-16-6-7-17(29-16)19(21)28)26-12-10-24(11-13-26)15-18(27)25-8-4-2-3-5-9-25/h6-7H,2-5,8-15H2,1H3,(H2,21,28)(H,22,23). The third-order valence-electron chi connectivity index (χ3n) is 5.53. The summed E-state index contributed by atoms with van der Waals surface area (Å²) < 4.78 is 5.39. The van der Waals surface area contributed by atoms with Crippen LogP contribution in [-0.2, 0) is 11.3 Å². The Bertz CT molecular complexity index is 716. The molecule has 0 bridgehead atoms. The lowest BCUT2D eigenvalue weighted by molar-refractivity contribution is -0.132. The van der Waals surface area contributed by atoms with Crippen LogP contribution in [0.5, 0.6) is 0 Å². The van der Waals surface area contributed by atoms with Gasteiger partial charge in [0.2, 0.25) is 5.91 Å². The van der Waals surface area contributed by atoms with Gasteiger partial charge in [-0.25, -0.2) is 0 Å². The van der Waals surface area contributed by atoms with Crippen molar-refractivity contribution in [1.82, 2.24) is 20.0 Å². The van der Waals surface area contributed by atoms with Crippen molar-refractivity contribution in [2.24, 2.45) is 10.7 Å². The van der Waals surface area contributed by atoms with Gasteiger partial charge in [0.1, 0.15) is 5.76 Å². The first-order chi connectivity index (χ1) is 14.1. The molecule has 1 aromatic heterocycles. The number of rotatable bonds is 5. The van der Waals surface area contributed by atoms with E-state index in [2.05, 4.69) is 20.1 Å². The van der Waals surface area contributed by atoms with Crippen LogP contribution in [0.25, 0.3) is 0 Å². The quantitative estimate of drug-likeness (QED) is 0.546. The minimum Gasteiger partial charge on any atom is -0.454 e. The summed E-state index contributed by atoms with van der Waals surface area (Å²) in [5.41, 5.74) is 5.21. The van der Waals surface area contributed by atoms with E-state index < -0.39 is 5.91 Å². The van der Waals surface area contributed by atoms with Gasteiger partial charge in [0, 0.05) is 46.3 Å². The molecule has 2 aliphatic rings. The third-order valence-corrected chi connectivity index (χ3v) is 5.53. The van der Waals surface area contributed by atoms with E-state index in [0.717, 1.165) is 58.1 Å². The molecule has 3 N–H and O–H groups in total. The second-order valence-corrected chi connectivity index (χ2v) is 7.59. The molecule has 0 aromatic carbocycles. The SMILES string of the molecule is CN=C(NCc1ccc(C(N)=O)o1)N1CCN(CC(=O)N2CCCCCC2)CC1. The zero-order valence-corrected chi connectivity index (χ0v) is 17.2. The monoisotopic (exact) mass is 404 g/mol. The number of hydrogen-bond donors (Lipinski definition) is 2. The number of piperazine rings is 1. The minimum atomic E-state index is -0.577. The largest absolute Gasteiger partial charge is 0.454 e. The second-order valence-electron chi connectivity index (χ2n) is 7.59. The molecule has 3 heterocycles. The number of primary amides is 1. The van der Waals surface area contributed by atoms with Crippen LogP contribution in [0, 0.1) is 0 Å². The molecular weight excluding hydrogens is 372 g/mol. The molecule has 1 aromatic rings. The predicted molar refractivity (Wildman–Crippen MR) is 110 cm³/mol. The molecule has 0 radical (unpaired) electrons. The summed E-state index contributed by atoms with van der Waals surface area (Å²) in [6.45, 7) is 5.99. The molecule has 0 spiro atoms. The number of guanidine groups is 1. The highest BCUT2D eigenvalue weighted by atomic mass is 16.3. The highest BCUT2D eigenvalue weighted by Gasteiger charge is 2.23. The Morgan fingerprint density at radius 3 is 2.31 bits per heavy atom. The van der Waals surface area contributed by atoms with Gasteiger partial charge >= 0.3 is 0 Å². The van der Waals surface area contributed by atoms with Crippen molar-refractivity contribution in [2.45, 2.75) is 32.2 Å². The first-order valence-electron chi connectivity index (χ1n) is 10.4. The molecule has 9 heteroatoms. The highest BCUT2D eigenvalue weighted by molar-refractivity contribution is 5.89. The molecule has 0 atom stereocenters. The van der Waals surface area contributed by atoms with Crippen molar-refractivity contribution < 1.29 is 14.0 Å². The number of aliphatic imine (C=N–C) groups is 1. The smallest absolute Gasteiger partial charge is 0.284 e. The third kappa shape index (κ3) is 5.96. The molecule has 2 saturated heterocycles. The molecule has 160 valence electrons. The zero-order valence-electron chi connectivity index (χ0n) is 17.2. The van der Waals surface area contributed by atoms with E-state index in [1.807, 2.05) is 4.90 Å². The molecule has 0 aliphatic carbocycles. The van der Waals surface area contributed by atoms with Gasteiger partial charge in [0.05, 0.1) is 13.1 Å². The summed E-state index contributed by atoms with van der Waals surface area (Å²) in [7, 11) is 1.74. The lowest BCUT2D eigenvalue weighted by Crippen LogP contribution is -2.54. The number of nitrogens with zero attached hydrogens (tertiary/aromatic N) is 4. The number of carbonyl (C=O) groups is 2. The zero-order chi connectivity index (χ0) is 20.6. The van der Waals surface area contributed by atoms with Gasteiger partial charge in [0.25, 0.3) is 5.91 Å². The molecule has 0 saturated carbocycles. The number of hydrogen-bond acceptors (Lipinski definition) is 5. The van der Waals surface area contributed by atoms with Crippen LogP contribution in [0.3, 0.4) is 0 Å². The van der Waals surface area contributed by atoms with E-state index in [-0.39, 0.29) is 11.7 Å². The van der Waals surface area contributed by atoms with Gasteiger partial charge in [-0.05, 0) is 25.0 Å². The van der Waals surface area contributed by atoms with Crippen molar-refractivity contribution in [3.8, 4) is 0 Å². The minimum absolute atomic E-state index is 0.152. The number of amides is 2. The molecule has 2 fully saturated rings. The Balaban J connectivity index is 1.43. The summed E-state index contributed by atoms with van der Waals surface area (Å²) in [4.78, 5) is 34.5. The Labute approximate surface area is 171 Å². The van der Waals surface area contributed by atoms with Crippen LogP contribution in [-0.4, -0.2) is 85.3 Å². The van der Waals surface area contributed by atoms with Gasteiger partial charge in [-0.2, -0.15) is 0 Å².